The Balaban J connectivity index is 0.00000147. The Morgan fingerprint density at radius 2 is 2.15 bits per heavy atom. The summed E-state index contributed by atoms with van der Waals surface area (Å²) in [6.07, 6.45) is 4.87. The second-order valence-corrected chi connectivity index (χ2v) is 5.10. The van der Waals surface area contributed by atoms with Crippen LogP contribution in [0.4, 0.5) is 0 Å². The molecule has 0 atom stereocenters. The molecule has 0 aliphatic carbocycles. The van der Waals surface area contributed by atoms with Gasteiger partial charge in [0, 0.05) is 41.2 Å². The number of nitrogens with zero attached hydrogens (tertiary/aromatic N) is 2. The fourth-order valence-electron chi connectivity index (χ4n) is 1.69. The molecule has 0 aromatic carbocycles. The summed E-state index contributed by atoms with van der Waals surface area (Å²) in [4.78, 5) is 22.3. The predicted molar refractivity (Wildman–Crippen MR) is 86.7 cm³/mol. The van der Waals surface area contributed by atoms with Crippen LogP contribution in [0.15, 0.2) is 47.0 Å². The average Bonchev–Trinajstić information content (AvgIpc) is 2.89. The summed E-state index contributed by atoms with van der Waals surface area (Å²) in [5, 5.41) is 3.26. The van der Waals surface area contributed by atoms with Gasteiger partial charge in [0.25, 0.3) is 0 Å². The molecule has 3 aromatic heterocycles. The van der Waals surface area contributed by atoms with Gasteiger partial charge in [-0.3, -0.25) is 9.78 Å². The Hall–Kier alpha value is -1.50. The van der Waals surface area contributed by atoms with Gasteiger partial charge in [0.1, 0.15) is 5.01 Å². The number of H-pyrrole nitrogens is 1. The van der Waals surface area contributed by atoms with Crippen LogP contribution in [0.2, 0.25) is 5.02 Å². The Morgan fingerprint density at radius 3 is 2.90 bits per heavy atom. The molecule has 7 heteroatoms. The minimum atomic E-state index is -0.142. The Morgan fingerprint density at radius 1 is 1.30 bits per heavy atom. The summed E-state index contributed by atoms with van der Waals surface area (Å²) in [7, 11) is 0. The maximum Gasteiger partial charge on any atom is 0.248 e. The number of pyridine rings is 2. The molecule has 0 amide bonds. The summed E-state index contributed by atoms with van der Waals surface area (Å²) in [6, 6.07) is 5.16. The monoisotopic (exact) mass is 369 g/mol. The smallest absolute Gasteiger partial charge is 0.248 e. The number of nitrogens with one attached hydrogen (secondary N) is 1. The lowest BCUT2D eigenvalue weighted by Gasteiger charge is -1.98. The van der Waals surface area contributed by atoms with Crippen molar-refractivity contribution in [3.8, 4) is 21.8 Å². The largest absolute Gasteiger partial charge is 0.329 e. The third-order valence-electron chi connectivity index (χ3n) is 2.57. The van der Waals surface area contributed by atoms with Crippen molar-refractivity contribution in [2.45, 2.75) is 0 Å². The normalized spacial score (nSPS) is 10.1. The molecule has 1 N–H and O–H groups in total. The van der Waals surface area contributed by atoms with Crippen molar-refractivity contribution in [3.05, 3.63) is 57.5 Å². The molecule has 3 heterocycles. The molecule has 0 bridgehead atoms. The summed E-state index contributed by atoms with van der Waals surface area (Å²) in [5.41, 5.74) is 2.28. The highest BCUT2D eigenvalue weighted by molar-refractivity contribution is 8.93. The number of hydrogen-bond donors (Lipinski definition) is 1. The first kappa shape index (κ1) is 14.9. The fraction of sp³-hybridized carbons (Fsp3) is 0. The van der Waals surface area contributed by atoms with E-state index in [1.54, 1.807) is 18.6 Å². The highest BCUT2D eigenvalue weighted by Crippen LogP contribution is 2.31. The van der Waals surface area contributed by atoms with E-state index in [2.05, 4.69) is 15.0 Å². The lowest BCUT2D eigenvalue weighted by Crippen LogP contribution is -2.01. The zero-order valence-electron chi connectivity index (χ0n) is 10.0. The molecule has 0 aliphatic rings. The standard InChI is InChI=1S/C13H8ClN3OS.BrH/c14-10-6-15-3-2-9(10)11-7-19-13(17-11)8-1-4-16-12(18)5-8;/h1-7H,(H,16,18);1H. The number of aromatic nitrogens is 3. The van der Waals surface area contributed by atoms with Gasteiger partial charge in [0.05, 0.1) is 10.7 Å². The van der Waals surface area contributed by atoms with Crippen molar-refractivity contribution in [2.75, 3.05) is 0 Å². The Kier molecular flexibility index (Phi) is 4.69. The van der Waals surface area contributed by atoms with Crippen LogP contribution in [0, 0.1) is 0 Å². The van der Waals surface area contributed by atoms with Gasteiger partial charge in [0.15, 0.2) is 0 Å². The van der Waals surface area contributed by atoms with Gasteiger partial charge in [-0.1, -0.05) is 11.6 Å². The molecule has 0 unspecified atom stereocenters. The number of rotatable bonds is 2. The third-order valence-corrected chi connectivity index (χ3v) is 3.77. The summed E-state index contributed by atoms with van der Waals surface area (Å²) in [6.45, 7) is 0. The minimum absolute atomic E-state index is 0. The molecule has 4 nitrogen and oxygen atoms in total. The van der Waals surface area contributed by atoms with Crippen molar-refractivity contribution in [1.29, 1.82) is 0 Å². The number of hydrogen-bond acceptors (Lipinski definition) is 4. The quantitative estimate of drug-likeness (QED) is 0.746. The SMILES string of the molecule is Br.O=c1cc(-c2nc(-c3ccncc3Cl)cs2)cc[nH]1. The molecule has 0 fully saturated rings. The zero-order valence-corrected chi connectivity index (χ0v) is 13.3. The highest BCUT2D eigenvalue weighted by atomic mass is 79.9. The van der Waals surface area contributed by atoms with Crippen LogP contribution in [0.3, 0.4) is 0 Å². The zero-order chi connectivity index (χ0) is 13.2. The first-order chi connectivity index (χ1) is 9.24. The molecular formula is C13H9BrClN3OS. The molecule has 102 valence electrons. The first-order valence-corrected chi connectivity index (χ1v) is 6.74. The first-order valence-electron chi connectivity index (χ1n) is 5.48. The second kappa shape index (κ2) is 6.30. The van der Waals surface area contributed by atoms with E-state index in [1.807, 2.05) is 17.5 Å². The molecule has 3 rings (SSSR count). The lowest BCUT2D eigenvalue weighted by atomic mass is 10.2. The number of aromatic amines is 1. The molecule has 0 radical (unpaired) electrons. The van der Waals surface area contributed by atoms with Crippen molar-refractivity contribution in [2.24, 2.45) is 0 Å². The number of thiazole rings is 1. The Labute approximate surface area is 134 Å². The van der Waals surface area contributed by atoms with Crippen LogP contribution in [0.5, 0.6) is 0 Å². The van der Waals surface area contributed by atoms with Gasteiger partial charge in [-0.15, -0.1) is 28.3 Å². The van der Waals surface area contributed by atoms with Crippen LogP contribution in [-0.2, 0) is 0 Å². The van der Waals surface area contributed by atoms with Crippen LogP contribution < -0.4 is 5.56 Å². The summed E-state index contributed by atoms with van der Waals surface area (Å²) < 4.78 is 0. The number of halogens is 2. The van der Waals surface area contributed by atoms with Gasteiger partial charge >= 0.3 is 0 Å². The lowest BCUT2D eigenvalue weighted by molar-refractivity contribution is 1.24. The van der Waals surface area contributed by atoms with Gasteiger partial charge < -0.3 is 4.98 Å². The van der Waals surface area contributed by atoms with Gasteiger partial charge in [-0.2, -0.15) is 0 Å². The van der Waals surface area contributed by atoms with E-state index in [9.17, 15) is 4.79 Å². The fourth-order valence-corrected chi connectivity index (χ4v) is 2.72. The molecule has 0 saturated heterocycles. The minimum Gasteiger partial charge on any atom is -0.329 e. The van der Waals surface area contributed by atoms with E-state index < -0.39 is 0 Å². The summed E-state index contributed by atoms with van der Waals surface area (Å²) in [5.74, 6) is 0. The molecule has 0 spiro atoms. The molecule has 3 aromatic rings. The van der Waals surface area contributed by atoms with Crippen molar-refractivity contribution in [1.82, 2.24) is 15.0 Å². The van der Waals surface area contributed by atoms with Crippen LogP contribution in [0.1, 0.15) is 0 Å². The van der Waals surface area contributed by atoms with E-state index in [4.69, 9.17) is 11.6 Å². The van der Waals surface area contributed by atoms with Gasteiger partial charge in [-0.25, -0.2) is 4.98 Å². The predicted octanol–water partition coefficient (Wildman–Crippen LogP) is 3.79. The third kappa shape index (κ3) is 2.98. The molecule has 0 aliphatic heterocycles. The van der Waals surface area contributed by atoms with E-state index >= 15 is 0 Å². The van der Waals surface area contributed by atoms with Gasteiger partial charge in [0.2, 0.25) is 5.56 Å². The van der Waals surface area contributed by atoms with Crippen LogP contribution >= 0.6 is 39.9 Å². The molecular weight excluding hydrogens is 362 g/mol. The second-order valence-electron chi connectivity index (χ2n) is 3.84. The van der Waals surface area contributed by atoms with Crippen molar-refractivity contribution < 1.29 is 0 Å². The van der Waals surface area contributed by atoms with E-state index in [-0.39, 0.29) is 22.5 Å². The maximum atomic E-state index is 11.3. The average molecular weight is 371 g/mol. The molecule has 0 saturated carbocycles. The van der Waals surface area contributed by atoms with E-state index in [1.165, 1.54) is 17.4 Å². The molecule has 20 heavy (non-hydrogen) atoms. The maximum absolute atomic E-state index is 11.3. The topological polar surface area (TPSA) is 58.6 Å². The summed E-state index contributed by atoms with van der Waals surface area (Å²) >= 11 is 7.56. The van der Waals surface area contributed by atoms with Gasteiger partial charge in [-0.05, 0) is 12.1 Å². The van der Waals surface area contributed by atoms with E-state index in [0.29, 0.717) is 5.02 Å². The highest BCUT2D eigenvalue weighted by Gasteiger charge is 2.09. The van der Waals surface area contributed by atoms with Crippen LogP contribution in [-0.4, -0.2) is 15.0 Å². The van der Waals surface area contributed by atoms with Crippen molar-refractivity contribution in [3.63, 3.8) is 0 Å². The van der Waals surface area contributed by atoms with Crippen LogP contribution in [0.25, 0.3) is 21.8 Å². The van der Waals surface area contributed by atoms with E-state index in [0.717, 1.165) is 21.8 Å². The Bertz CT molecular complexity index is 787. The van der Waals surface area contributed by atoms with Crippen molar-refractivity contribution >= 4 is 39.9 Å².